The third-order valence-electron chi connectivity index (χ3n) is 10.8. The van der Waals surface area contributed by atoms with Crippen molar-refractivity contribution in [1.82, 2.24) is 0 Å². The number of halogens is 2. The van der Waals surface area contributed by atoms with E-state index in [1.54, 1.807) is 0 Å². The normalized spacial score (nSPS) is 36.1. The molecule has 0 N–H and O–H groups in total. The van der Waals surface area contributed by atoms with E-state index in [-0.39, 0.29) is 64.7 Å². The van der Waals surface area contributed by atoms with Gasteiger partial charge in [0, 0.05) is 43.4 Å². The Morgan fingerprint density at radius 2 is 1.71 bits per heavy atom. The SMILES string of the molecule is C[C@H](CCC(=O)OCCOC(=O)C(F)(F)S(=O)(=O)[O-])[C@H]1CC[C@H]2[C@@H]3C(=O)C[C@@H]4CC(=O)CC[C@]4(C)[C@H]3CC(=O)[C@]12C. The maximum absolute atomic E-state index is 13.8. The first-order valence-corrected chi connectivity index (χ1v) is 15.6. The molecule has 10 nitrogen and oxygen atoms in total. The molecule has 0 heterocycles. The summed E-state index contributed by atoms with van der Waals surface area (Å²) in [6.45, 7) is 4.61. The summed E-state index contributed by atoms with van der Waals surface area (Å²) >= 11 is 0. The lowest BCUT2D eigenvalue weighted by Crippen LogP contribution is -2.60. The second-order valence-electron chi connectivity index (χ2n) is 12.8. The van der Waals surface area contributed by atoms with Gasteiger partial charge in [0.25, 0.3) is 0 Å². The van der Waals surface area contributed by atoms with Gasteiger partial charge in [-0.3, -0.25) is 19.2 Å². The first kappa shape index (κ1) is 31.7. The van der Waals surface area contributed by atoms with Crippen molar-refractivity contribution < 1.29 is 55.2 Å². The molecule has 0 saturated heterocycles. The second-order valence-corrected chi connectivity index (χ2v) is 14.2. The zero-order valence-electron chi connectivity index (χ0n) is 23.5. The van der Waals surface area contributed by atoms with Crippen LogP contribution in [0.3, 0.4) is 0 Å². The highest BCUT2D eigenvalue weighted by atomic mass is 32.2. The number of hydrogen-bond acceptors (Lipinski definition) is 10. The number of ether oxygens (including phenoxy) is 2. The Hall–Kier alpha value is -2.28. The first-order chi connectivity index (χ1) is 18.9. The molecule has 41 heavy (non-hydrogen) atoms. The van der Waals surface area contributed by atoms with E-state index >= 15 is 0 Å². The van der Waals surface area contributed by atoms with Gasteiger partial charge in [0.05, 0.1) is 0 Å². The summed E-state index contributed by atoms with van der Waals surface area (Å²) in [6.07, 6.45) is 4.12. The van der Waals surface area contributed by atoms with E-state index in [0.717, 1.165) is 12.8 Å². The predicted molar refractivity (Wildman–Crippen MR) is 136 cm³/mol. The predicted octanol–water partition coefficient (Wildman–Crippen LogP) is 3.21. The lowest BCUT2D eigenvalue weighted by Gasteiger charge is -2.58. The van der Waals surface area contributed by atoms with Gasteiger partial charge >= 0.3 is 17.2 Å². The summed E-state index contributed by atoms with van der Waals surface area (Å²) in [5.74, 6) is -3.19. The van der Waals surface area contributed by atoms with Crippen LogP contribution in [-0.4, -0.2) is 60.7 Å². The Bertz CT molecular complexity index is 1230. The molecule has 4 aliphatic carbocycles. The van der Waals surface area contributed by atoms with Crippen molar-refractivity contribution in [2.75, 3.05) is 13.2 Å². The van der Waals surface area contributed by atoms with E-state index in [0.29, 0.717) is 38.5 Å². The number of carbonyl (C=O) groups excluding carboxylic acids is 5. The Labute approximate surface area is 238 Å². The highest BCUT2D eigenvalue weighted by Gasteiger charge is 2.66. The molecular weight excluding hydrogens is 566 g/mol. The van der Waals surface area contributed by atoms with Crippen molar-refractivity contribution in [2.45, 2.75) is 83.8 Å². The first-order valence-electron chi connectivity index (χ1n) is 14.2. The largest absolute Gasteiger partial charge is 0.743 e. The van der Waals surface area contributed by atoms with Crippen LogP contribution < -0.4 is 0 Å². The standard InChI is InChI=1S/C28H38F2O10S/c1-15(4-7-23(34)39-10-11-40-25(35)28(29,30)41(36,37)38)18-5-6-19-24-20(14-22(33)27(18,19)3)26(2)9-8-17(31)12-16(26)13-21(24)32/h15-16,18-20,24H,4-14H2,1-3H3,(H,36,37,38)/p-1/t15-,16+,18-,19+,20+,24+,26+,27-/m1/s1. The molecule has 0 bridgehead atoms. The molecule has 0 radical (unpaired) electrons. The number of hydrogen-bond donors (Lipinski definition) is 0. The van der Waals surface area contributed by atoms with E-state index in [9.17, 15) is 45.7 Å². The van der Waals surface area contributed by atoms with Crippen molar-refractivity contribution >= 4 is 39.4 Å². The molecule has 0 aromatic rings. The summed E-state index contributed by atoms with van der Waals surface area (Å²) in [7, 11) is -6.24. The molecule has 0 aromatic heterocycles. The summed E-state index contributed by atoms with van der Waals surface area (Å²) in [5, 5.41) is -5.24. The highest BCUT2D eigenvalue weighted by Crippen LogP contribution is 2.66. The van der Waals surface area contributed by atoms with Crippen LogP contribution in [0.4, 0.5) is 8.78 Å². The van der Waals surface area contributed by atoms with Crippen molar-refractivity contribution in [3.05, 3.63) is 0 Å². The van der Waals surface area contributed by atoms with Crippen LogP contribution in [0.5, 0.6) is 0 Å². The summed E-state index contributed by atoms with van der Waals surface area (Å²) in [6, 6.07) is 0. The lowest BCUT2D eigenvalue weighted by molar-refractivity contribution is -0.167. The summed E-state index contributed by atoms with van der Waals surface area (Å²) in [5.41, 5.74) is -0.903. The molecule has 0 unspecified atom stereocenters. The van der Waals surface area contributed by atoms with Gasteiger partial charge in [0.15, 0.2) is 10.1 Å². The molecule has 0 aromatic carbocycles. The zero-order valence-corrected chi connectivity index (χ0v) is 24.3. The second kappa shape index (κ2) is 11.1. The van der Waals surface area contributed by atoms with Gasteiger partial charge in [-0.2, -0.15) is 8.78 Å². The minimum atomic E-state index is -6.24. The number of alkyl halides is 2. The monoisotopic (exact) mass is 603 g/mol. The van der Waals surface area contributed by atoms with Crippen molar-refractivity contribution in [3.8, 4) is 0 Å². The number of ketones is 3. The van der Waals surface area contributed by atoms with Crippen molar-refractivity contribution in [3.63, 3.8) is 0 Å². The number of carbonyl (C=O) groups is 5. The molecule has 4 aliphatic rings. The maximum atomic E-state index is 13.8. The van der Waals surface area contributed by atoms with E-state index in [4.69, 9.17) is 4.74 Å². The third kappa shape index (κ3) is 5.48. The van der Waals surface area contributed by atoms with E-state index in [1.807, 2.05) is 13.8 Å². The van der Waals surface area contributed by atoms with Crippen LogP contribution in [0.25, 0.3) is 0 Å². The minimum absolute atomic E-state index is 0.00322. The van der Waals surface area contributed by atoms with Crippen LogP contribution in [0, 0.1) is 46.3 Å². The van der Waals surface area contributed by atoms with Gasteiger partial charge in [-0.05, 0) is 60.7 Å². The van der Waals surface area contributed by atoms with Gasteiger partial charge in [-0.15, -0.1) is 0 Å². The number of Topliss-reactive ketones (excluding diaryl/α,β-unsaturated/α-hetero) is 3. The van der Waals surface area contributed by atoms with Crippen LogP contribution in [0.1, 0.15) is 78.6 Å². The summed E-state index contributed by atoms with van der Waals surface area (Å²) < 4.78 is 66.5. The Morgan fingerprint density at radius 3 is 2.37 bits per heavy atom. The molecule has 4 rings (SSSR count). The number of esters is 2. The van der Waals surface area contributed by atoms with E-state index in [1.165, 1.54) is 0 Å². The van der Waals surface area contributed by atoms with Crippen molar-refractivity contribution in [2.24, 2.45) is 46.3 Å². The van der Waals surface area contributed by atoms with Gasteiger partial charge in [0.1, 0.15) is 30.6 Å². The fourth-order valence-electron chi connectivity index (χ4n) is 8.48. The Morgan fingerprint density at radius 1 is 1.05 bits per heavy atom. The van der Waals surface area contributed by atoms with Crippen LogP contribution in [-0.2, 0) is 43.6 Å². The average Bonchev–Trinajstić information content (AvgIpc) is 3.24. The molecule has 4 saturated carbocycles. The Balaban J connectivity index is 1.32. The fraction of sp³-hybridized carbons (Fsp3) is 0.821. The molecule has 4 fully saturated rings. The van der Waals surface area contributed by atoms with E-state index in [2.05, 4.69) is 11.7 Å². The molecule has 0 spiro atoms. The molecule has 0 amide bonds. The minimum Gasteiger partial charge on any atom is -0.743 e. The Kier molecular flexibility index (Phi) is 8.56. The summed E-state index contributed by atoms with van der Waals surface area (Å²) in [4.78, 5) is 62.8. The molecule has 0 aliphatic heterocycles. The quantitative estimate of drug-likeness (QED) is 0.217. The topological polar surface area (TPSA) is 161 Å². The molecular formula is C28H37F2O10S-. The lowest BCUT2D eigenvalue weighted by atomic mass is 9.44. The van der Waals surface area contributed by atoms with Gasteiger partial charge in [0.2, 0.25) is 0 Å². The average molecular weight is 604 g/mol. The fourth-order valence-corrected chi connectivity index (χ4v) is 8.75. The van der Waals surface area contributed by atoms with E-state index < -0.39 is 45.9 Å². The van der Waals surface area contributed by atoms with Gasteiger partial charge < -0.3 is 14.0 Å². The van der Waals surface area contributed by atoms with Gasteiger partial charge in [-0.25, -0.2) is 13.2 Å². The molecule has 8 atom stereocenters. The van der Waals surface area contributed by atoms with Gasteiger partial charge in [-0.1, -0.05) is 20.8 Å². The number of rotatable bonds is 9. The van der Waals surface area contributed by atoms with Crippen LogP contribution >= 0.6 is 0 Å². The van der Waals surface area contributed by atoms with Crippen LogP contribution in [0.15, 0.2) is 0 Å². The third-order valence-corrected chi connectivity index (χ3v) is 11.6. The molecule has 230 valence electrons. The van der Waals surface area contributed by atoms with Crippen LogP contribution in [0.2, 0.25) is 0 Å². The molecule has 13 heteroatoms. The van der Waals surface area contributed by atoms with Crippen molar-refractivity contribution in [1.29, 1.82) is 0 Å². The smallest absolute Gasteiger partial charge is 0.428 e. The maximum Gasteiger partial charge on any atom is 0.428 e. The number of fused-ring (bicyclic) bond motifs is 5. The highest BCUT2D eigenvalue weighted by molar-refractivity contribution is 7.87. The zero-order chi connectivity index (χ0) is 30.5.